The molecule has 1 rings (SSSR count). The minimum atomic E-state index is -1.17. The van der Waals surface area contributed by atoms with E-state index in [0.29, 0.717) is 3.72 Å². The van der Waals surface area contributed by atoms with Crippen molar-refractivity contribution in [1.29, 1.82) is 0 Å². The molecule has 0 nitrogen and oxygen atoms in total. The third-order valence-corrected chi connectivity index (χ3v) is 23.5. The zero-order valence-corrected chi connectivity index (χ0v) is 19.4. The Balaban J connectivity index is 2.97. The van der Waals surface area contributed by atoms with Gasteiger partial charge in [-0.1, -0.05) is 0 Å². The Morgan fingerprint density at radius 1 is 1.00 bits per heavy atom. The molecule has 0 N–H and O–H groups in total. The zero-order chi connectivity index (χ0) is 17.1. The van der Waals surface area contributed by atoms with Gasteiger partial charge in [0.15, 0.2) is 0 Å². The van der Waals surface area contributed by atoms with Gasteiger partial charge in [0, 0.05) is 0 Å². The summed E-state index contributed by atoms with van der Waals surface area (Å²) < 4.78 is 2.55. The summed E-state index contributed by atoms with van der Waals surface area (Å²) in [7, 11) is 0. The van der Waals surface area contributed by atoms with E-state index in [0.717, 1.165) is 5.92 Å². The molecule has 2 atom stereocenters. The molecule has 0 aromatic rings. The fraction of sp³-hybridized carbons (Fsp3) is 0.800. The Kier molecular flexibility index (Phi) is 7.90. The number of hydrogen-bond donors (Lipinski definition) is 0. The SMILES string of the molecule is CCCCCC[SiH](C)[Ti]([C]1=C(C)C(C)=C(C)C1C)[C](C)(C)C. The summed E-state index contributed by atoms with van der Waals surface area (Å²) in [4.78, 5) is 0. The molecule has 0 aromatic carbocycles. The molecule has 2 heteroatoms. The molecule has 0 amide bonds. The topological polar surface area (TPSA) is 0 Å². The summed E-state index contributed by atoms with van der Waals surface area (Å²) >= 11 is -1.17. The Morgan fingerprint density at radius 3 is 2.00 bits per heavy atom. The molecule has 2 unspecified atom stereocenters. The Hall–Kier alpha value is 0.411. The van der Waals surface area contributed by atoms with Crippen LogP contribution in [0.25, 0.3) is 0 Å². The van der Waals surface area contributed by atoms with Crippen molar-refractivity contribution in [3.05, 3.63) is 20.6 Å². The average molecular weight is 355 g/mol. The average Bonchev–Trinajstić information content (AvgIpc) is 2.60. The molecule has 0 heterocycles. The van der Waals surface area contributed by atoms with Crippen LogP contribution in [-0.2, 0) is 17.1 Å². The molecular formula is C20H39SiTi. The van der Waals surface area contributed by atoms with Crippen molar-refractivity contribution in [3.63, 3.8) is 0 Å². The first kappa shape index (κ1) is 20.5. The maximum atomic E-state index is 2.71. The van der Waals surface area contributed by atoms with E-state index >= 15 is 0 Å². The van der Waals surface area contributed by atoms with E-state index in [4.69, 9.17) is 0 Å². The van der Waals surface area contributed by atoms with Gasteiger partial charge >= 0.3 is 148 Å². The first-order valence-corrected chi connectivity index (χ1v) is 16.2. The zero-order valence-electron chi connectivity index (χ0n) is 16.7. The maximum absolute atomic E-state index is 2.71. The normalized spacial score (nSPS) is 20.9. The van der Waals surface area contributed by atoms with E-state index in [1.165, 1.54) is 25.7 Å². The van der Waals surface area contributed by atoms with Crippen molar-refractivity contribution in [2.45, 2.75) is 97.4 Å². The third kappa shape index (κ3) is 4.71. The molecule has 1 aliphatic carbocycles. The number of allylic oxidation sites excluding steroid dienone is 4. The van der Waals surface area contributed by atoms with Gasteiger partial charge in [-0.2, -0.15) is 0 Å². The van der Waals surface area contributed by atoms with Crippen LogP contribution in [0.4, 0.5) is 0 Å². The van der Waals surface area contributed by atoms with Crippen molar-refractivity contribution in [3.8, 4) is 0 Å². The Labute approximate surface area is 147 Å². The van der Waals surface area contributed by atoms with Crippen LogP contribution in [0.5, 0.6) is 0 Å². The standard InChI is InChI=1S/C9H13.C7H17Si.C4H9.Ti/c1-6-5-7(2)9(4)8(6)3;1-3-4-5-6-7-8-2;1-4(2)3;/h6H,1-4H3;8H,3-7H2,1-2H3;1-3H3;. The van der Waals surface area contributed by atoms with E-state index in [1.54, 1.807) is 22.8 Å². The predicted octanol–water partition coefficient (Wildman–Crippen LogP) is 7.02. The Morgan fingerprint density at radius 2 is 1.59 bits per heavy atom. The molecular weight excluding hydrogens is 316 g/mol. The van der Waals surface area contributed by atoms with E-state index in [2.05, 4.69) is 61.9 Å². The molecule has 0 bridgehead atoms. The van der Waals surface area contributed by atoms with Gasteiger partial charge in [-0.15, -0.1) is 0 Å². The first-order chi connectivity index (χ1) is 10.1. The molecule has 0 fully saturated rings. The van der Waals surface area contributed by atoms with Crippen LogP contribution in [0.2, 0.25) is 16.3 Å². The molecule has 0 aromatic heterocycles. The van der Waals surface area contributed by atoms with Crippen LogP contribution in [0.1, 0.15) is 81.1 Å². The Bertz CT molecular complexity index is 439. The second-order valence-corrected chi connectivity index (χ2v) is 22.3. The summed E-state index contributed by atoms with van der Waals surface area (Å²) in [5, 5.41) is 0. The van der Waals surface area contributed by atoms with Gasteiger partial charge in [-0.3, -0.25) is 0 Å². The monoisotopic (exact) mass is 355 g/mol. The third-order valence-electron chi connectivity index (χ3n) is 5.72. The molecule has 0 spiro atoms. The van der Waals surface area contributed by atoms with E-state index in [9.17, 15) is 0 Å². The summed E-state index contributed by atoms with van der Waals surface area (Å²) in [5.74, 6) is 0.750. The van der Waals surface area contributed by atoms with Crippen molar-refractivity contribution in [2.75, 3.05) is 0 Å². The van der Waals surface area contributed by atoms with Crippen molar-refractivity contribution in [2.24, 2.45) is 5.92 Å². The number of rotatable bonds is 7. The number of hydrogen-bond acceptors (Lipinski definition) is 0. The summed E-state index contributed by atoms with van der Waals surface area (Å²) in [6.45, 7) is 21.7. The van der Waals surface area contributed by atoms with Gasteiger partial charge in [0.25, 0.3) is 0 Å². The fourth-order valence-corrected chi connectivity index (χ4v) is 24.3. The fourth-order valence-electron chi connectivity index (χ4n) is 4.23. The first-order valence-electron chi connectivity index (χ1n) is 9.39. The van der Waals surface area contributed by atoms with Crippen LogP contribution in [0.3, 0.4) is 0 Å². The van der Waals surface area contributed by atoms with Gasteiger partial charge in [0.1, 0.15) is 0 Å². The quantitative estimate of drug-likeness (QED) is 0.340. The molecule has 127 valence electrons. The second-order valence-electron chi connectivity index (χ2n) is 8.48. The van der Waals surface area contributed by atoms with Gasteiger partial charge in [-0.05, 0) is 0 Å². The molecule has 0 saturated heterocycles. The molecule has 22 heavy (non-hydrogen) atoms. The van der Waals surface area contributed by atoms with Crippen LogP contribution < -0.4 is 0 Å². The summed E-state index contributed by atoms with van der Waals surface area (Å²) in [6.07, 6.45) is 5.76. The van der Waals surface area contributed by atoms with Crippen LogP contribution in [-0.4, -0.2) is 6.66 Å². The van der Waals surface area contributed by atoms with Crippen LogP contribution in [0, 0.1) is 5.92 Å². The van der Waals surface area contributed by atoms with E-state index in [1.807, 2.05) is 3.88 Å². The van der Waals surface area contributed by atoms with Crippen LogP contribution in [0.15, 0.2) is 20.6 Å². The van der Waals surface area contributed by atoms with E-state index in [-0.39, 0.29) is 0 Å². The predicted molar refractivity (Wildman–Crippen MR) is 102 cm³/mol. The molecule has 0 aliphatic heterocycles. The van der Waals surface area contributed by atoms with E-state index < -0.39 is 23.8 Å². The summed E-state index contributed by atoms with van der Waals surface area (Å²) in [6, 6.07) is 1.59. The van der Waals surface area contributed by atoms with Crippen LogP contribution >= 0.6 is 0 Å². The van der Waals surface area contributed by atoms with Crippen molar-refractivity contribution < 1.29 is 17.1 Å². The second kappa shape index (κ2) is 8.49. The molecule has 0 saturated carbocycles. The van der Waals surface area contributed by atoms with Crippen molar-refractivity contribution in [1.82, 2.24) is 0 Å². The van der Waals surface area contributed by atoms with Gasteiger partial charge < -0.3 is 0 Å². The molecule has 1 aliphatic rings. The van der Waals surface area contributed by atoms with Gasteiger partial charge in [0.05, 0.1) is 0 Å². The number of unbranched alkanes of at least 4 members (excludes halogenated alkanes) is 3. The van der Waals surface area contributed by atoms with Gasteiger partial charge in [-0.25, -0.2) is 0 Å². The molecule has 0 radical (unpaired) electrons. The van der Waals surface area contributed by atoms with Gasteiger partial charge in [0.2, 0.25) is 0 Å². The summed E-state index contributed by atoms with van der Waals surface area (Å²) in [5.41, 5.74) is 4.97. The minimum absolute atomic E-state index is 0.576. The van der Waals surface area contributed by atoms with Crippen molar-refractivity contribution >= 4 is 6.66 Å².